The molecule has 27 heavy (non-hydrogen) atoms. The van der Waals surface area contributed by atoms with Crippen LogP contribution in [0, 0.1) is 11.3 Å². The summed E-state index contributed by atoms with van der Waals surface area (Å²) in [4.78, 5) is 48.7. The summed E-state index contributed by atoms with van der Waals surface area (Å²) in [5.41, 5.74) is -0.0884. The predicted molar refractivity (Wildman–Crippen MR) is 94.3 cm³/mol. The molecule has 1 atom stereocenters. The van der Waals surface area contributed by atoms with Gasteiger partial charge in [-0.15, -0.1) is 0 Å². The van der Waals surface area contributed by atoms with Crippen molar-refractivity contribution in [3.05, 3.63) is 29.8 Å². The number of nitriles is 1. The highest BCUT2D eigenvalue weighted by molar-refractivity contribution is 6.06. The Balaban J connectivity index is 1.82. The SMILES string of the molecule is C[C@H](OC(=O)CCN1C(=O)NC(C)(C)C1=O)C(=O)Nc1ccc(C#N)cc1. The van der Waals surface area contributed by atoms with Crippen LogP contribution in [0.4, 0.5) is 10.5 Å². The fraction of sp³-hybridized carbons (Fsp3) is 0.389. The lowest BCUT2D eigenvalue weighted by molar-refractivity contribution is -0.153. The van der Waals surface area contributed by atoms with Crippen molar-refractivity contribution in [2.75, 3.05) is 11.9 Å². The Kier molecular flexibility index (Phi) is 5.80. The number of hydrogen-bond donors (Lipinski definition) is 2. The normalized spacial score (nSPS) is 16.3. The van der Waals surface area contributed by atoms with Gasteiger partial charge in [0.2, 0.25) is 0 Å². The van der Waals surface area contributed by atoms with Gasteiger partial charge in [0.25, 0.3) is 11.8 Å². The van der Waals surface area contributed by atoms with Crippen molar-refractivity contribution in [2.45, 2.75) is 38.8 Å². The maximum absolute atomic E-state index is 12.1. The lowest BCUT2D eigenvalue weighted by Crippen LogP contribution is -2.40. The van der Waals surface area contributed by atoms with Crippen molar-refractivity contribution in [3.63, 3.8) is 0 Å². The van der Waals surface area contributed by atoms with E-state index < -0.39 is 35.5 Å². The first kappa shape index (κ1) is 19.9. The lowest BCUT2D eigenvalue weighted by Gasteiger charge is -2.17. The van der Waals surface area contributed by atoms with Crippen LogP contribution in [0.25, 0.3) is 0 Å². The molecule has 142 valence electrons. The second kappa shape index (κ2) is 7.86. The number of amides is 4. The first-order valence-corrected chi connectivity index (χ1v) is 8.28. The molecular weight excluding hydrogens is 352 g/mol. The van der Waals surface area contributed by atoms with Crippen LogP contribution < -0.4 is 10.6 Å². The molecule has 1 aliphatic rings. The van der Waals surface area contributed by atoms with Crippen LogP contribution in [0.2, 0.25) is 0 Å². The second-order valence-corrected chi connectivity index (χ2v) is 6.57. The molecule has 9 nitrogen and oxygen atoms in total. The van der Waals surface area contributed by atoms with Crippen LogP contribution in [-0.4, -0.2) is 46.9 Å². The minimum Gasteiger partial charge on any atom is -0.452 e. The second-order valence-electron chi connectivity index (χ2n) is 6.57. The van der Waals surface area contributed by atoms with Gasteiger partial charge in [0.1, 0.15) is 5.54 Å². The van der Waals surface area contributed by atoms with Crippen molar-refractivity contribution >= 4 is 29.5 Å². The number of imide groups is 1. The fourth-order valence-electron chi connectivity index (χ4n) is 2.41. The average Bonchev–Trinajstić information content (AvgIpc) is 2.81. The molecule has 0 aromatic heterocycles. The zero-order chi connectivity index (χ0) is 20.2. The summed E-state index contributed by atoms with van der Waals surface area (Å²) in [5.74, 6) is -1.67. The number of nitrogens with one attached hydrogen (secondary N) is 2. The summed E-state index contributed by atoms with van der Waals surface area (Å²) in [6.07, 6.45) is -1.28. The summed E-state index contributed by atoms with van der Waals surface area (Å²) >= 11 is 0. The van der Waals surface area contributed by atoms with Crippen molar-refractivity contribution in [1.29, 1.82) is 5.26 Å². The smallest absolute Gasteiger partial charge is 0.325 e. The van der Waals surface area contributed by atoms with E-state index in [4.69, 9.17) is 10.00 Å². The van der Waals surface area contributed by atoms with Gasteiger partial charge >= 0.3 is 12.0 Å². The van der Waals surface area contributed by atoms with E-state index >= 15 is 0 Å². The van der Waals surface area contributed by atoms with Gasteiger partial charge in [0, 0.05) is 12.2 Å². The van der Waals surface area contributed by atoms with Crippen molar-refractivity contribution in [2.24, 2.45) is 0 Å². The van der Waals surface area contributed by atoms with Crippen LogP contribution in [0.15, 0.2) is 24.3 Å². The molecule has 2 rings (SSSR count). The monoisotopic (exact) mass is 372 g/mol. The van der Waals surface area contributed by atoms with E-state index in [2.05, 4.69) is 10.6 Å². The highest BCUT2D eigenvalue weighted by Crippen LogP contribution is 2.17. The zero-order valence-corrected chi connectivity index (χ0v) is 15.2. The molecular formula is C18H20N4O5. The summed E-state index contributed by atoms with van der Waals surface area (Å²) in [5, 5.41) is 13.8. The van der Waals surface area contributed by atoms with Crippen molar-refractivity contribution in [1.82, 2.24) is 10.2 Å². The van der Waals surface area contributed by atoms with Crippen LogP contribution in [0.3, 0.4) is 0 Å². The van der Waals surface area contributed by atoms with Crippen LogP contribution in [-0.2, 0) is 19.1 Å². The van der Waals surface area contributed by atoms with E-state index in [1.54, 1.807) is 38.1 Å². The van der Waals surface area contributed by atoms with Gasteiger partial charge in [0.15, 0.2) is 6.10 Å². The molecule has 9 heteroatoms. The third-order valence-corrected chi connectivity index (χ3v) is 3.94. The van der Waals surface area contributed by atoms with E-state index in [-0.39, 0.29) is 13.0 Å². The van der Waals surface area contributed by atoms with E-state index in [1.165, 1.54) is 6.92 Å². The molecule has 0 spiro atoms. The first-order chi connectivity index (χ1) is 12.6. The number of urea groups is 1. The number of anilines is 1. The Morgan fingerprint density at radius 2 is 1.93 bits per heavy atom. The number of hydrogen-bond acceptors (Lipinski definition) is 6. The van der Waals surface area contributed by atoms with E-state index in [0.717, 1.165) is 4.90 Å². The molecule has 0 unspecified atom stereocenters. The number of ether oxygens (including phenoxy) is 1. The van der Waals surface area contributed by atoms with Crippen LogP contribution in [0.5, 0.6) is 0 Å². The highest BCUT2D eigenvalue weighted by atomic mass is 16.5. The largest absolute Gasteiger partial charge is 0.452 e. The van der Waals surface area contributed by atoms with Gasteiger partial charge in [-0.05, 0) is 45.0 Å². The molecule has 1 aromatic carbocycles. The number of benzene rings is 1. The molecule has 1 heterocycles. The molecule has 1 aromatic rings. The summed E-state index contributed by atoms with van der Waals surface area (Å²) < 4.78 is 5.04. The number of esters is 1. The Labute approximate surface area is 156 Å². The molecule has 0 bridgehead atoms. The summed E-state index contributed by atoms with van der Waals surface area (Å²) in [7, 11) is 0. The Bertz CT molecular complexity index is 810. The van der Waals surface area contributed by atoms with Gasteiger partial charge in [-0.1, -0.05) is 0 Å². The van der Waals surface area contributed by atoms with Gasteiger partial charge in [-0.25, -0.2) is 4.79 Å². The number of nitrogens with zero attached hydrogens (tertiary/aromatic N) is 2. The minimum atomic E-state index is -1.06. The topological polar surface area (TPSA) is 129 Å². The van der Waals surface area contributed by atoms with E-state index in [9.17, 15) is 19.2 Å². The van der Waals surface area contributed by atoms with E-state index in [0.29, 0.717) is 11.3 Å². The van der Waals surface area contributed by atoms with Crippen molar-refractivity contribution < 1.29 is 23.9 Å². The Morgan fingerprint density at radius 3 is 2.44 bits per heavy atom. The quantitative estimate of drug-likeness (QED) is 0.569. The van der Waals surface area contributed by atoms with Crippen LogP contribution >= 0.6 is 0 Å². The maximum atomic E-state index is 12.1. The van der Waals surface area contributed by atoms with E-state index in [1.807, 2.05) is 6.07 Å². The fourth-order valence-corrected chi connectivity index (χ4v) is 2.41. The predicted octanol–water partition coefficient (Wildman–Crippen LogP) is 1.15. The third-order valence-electron chi connectivity index (χ3n) is 3.94. The standard InChI is InChI=1S/C18H20N4O5/c1-11(15(24)20-13-6-4-12(10-19)5-7-13)27-14(23)8-9-22-16(25)18(2,3)21-17(22)26/h4-7,11H,8-9H2,1-3H3,(H,20,24)(H,21,26)/t11-/m0/s1. The molecule has 2 N–H and O–H groups in total. The highest BCUT2D eigenvalue weighted by Gasteiger charge is 2.44. The maximum Gasteiger partial charge on any atom is 0.325 e. The van der Waals surface area contributed by atoms with Crippen LogP contribution in [0.1, 0.15) is 32.8 Å². The third kappa shape index (κ3) is 4.82. The number of carbonyl (C=O) groups is 4. The molecule has 1 saturated heterocycles. The van der Waals surface area contributed by atoms with Gasteiger partial charge in [-0.3, -0.25) is 19.3 Å². The molecule has 0 radical (unpaired) electrons. The Hall–Kier alpha value is -3.41. The lowest BCUT2D eigenvalue weighted by atomic mass is 10.1. The first-order valence-electron chi connectivity index (χ1n) is 8.28. The van der Waals surface area contributed by atoms with Gasteiger partial charge in [-0.2, -0.15) is 5.26 Å². The molecule has 1 fully saturated rings. The summed E-state index contributed by atoms with van der Waals surface area (Å²) in [6.45, 7) is 4.42. The van der Waals surface area contributed by atoms with Gasteiger partial charge in [0.05, 0.1) is 18.1 Å². The average molecular weight is 372 g/mol. The zero-order valence-electron chi connectivity index (χ0n) is 15.2. The molecule has 0 saturated carbocycles. The van der Waals surface area contributed by atoms with Crippen molar-refractivity contribution in [3.8, 4) is 6.07 Å². The minimum absolute atomic E-state index is 0.128. The number of carbonyl (C=O) groups excluding carboxylic acids is 4. The molecule has 4 amide bonds. The Morgan fingerprint density at radius 1 is 1.30 bits per heavy atom. The summed E-state index contributed by atoms with van der Waals surface area (Å²) in [6, 6.07) is 7.62. The number of rotatable bonds is 6. The molecule has 0 aliphatic carbocycles. The molecule has 1 aliphatic heterocycles. The van der Waals surface area contributed by atoms with Gasteiger partial charge < -0.3 is 15.4 Å².